The van der Waals surface area contributed by atoms with Gasteiger partial charge in [0.05, 0.1) is 34.1 Å². The Morgan fingerprint density at radius 3 is 2.28 bits per heavy atom. The molecule has 0 radical (unpaired) electrons. The molecule has 12 atom stereocenters. The smallest absolute Gasteiger partial charge is 0.331 e. The second-order valence-electron chi connectivity index (χ2n) is 23.4. The Kier molecular flexibility index (Phi) is 13.3. The van der Waals surface area contributed by atoms with Crippen LogP contribution < -0.4 is 0 Å². The predicted octanol–water partition coefficient (Wildman–Crippen LogP) is 11.1. The molecule has 9 rings (SSSR count). The monoisotopic (exact) mass is 887 g/mol. The molecule has 0 unspecified atom stereocenters. The summed E-state index contributed by atoms with van der Waals surface area (Å²) in [7, 11) is 0. The van der Waals surface area contributed by atoms with Crippen LogP contribution in [0.5, 0.6) is 0 Å². The summed E-state index contributed by atoms with van der Waals surface area (Å²) < 4.78 is 12.6. The number of esters is 2. The average molecular weight is 887 g/mol. The van der Waals surface area contributed by atoms with Gasteiger partial charge in [0.2, 0.25) is 0 Å². The number of carbonyl (C=O) groups is 2. The Hall–Kier alpha value is -3.44. The fraction of sp³-hybridized carbons (Fsp3) is 0.690. The molecule has 2 aliphatic heterocycles. The summed E-state index contributed by atoms with van der Waals surface area (Å²) in [5.74, 6) is 7.16. The largest absolute Gasteiger partial charge is 0.462 e. The molecule has 0 saturated heterocycles. The molecule has 2 aromatic carbocycles. The Labute approximate surface area is 389 Å². The molecule has 5 saturated carbocycles. The lowest BCUT2D eigenvalue weighted by Crippen LogP contribution is -2.79. The van der Waals surface area contributed by atoms with Crippen LogP contribution >= 0.6 is 0 Å². The van der Waals surface area contributed by atoms with Crippen LogP contribution in [0.2, 0.25) is 0 Å². The van der Waals surface area contributed by atoms with Crippen molar-refractivity contribution in [1.82, 2.24) is 0 Å². The standard InChI is InChI=1S/C58H78O7/c1-41(15-12-20-42-16-6-4-7-17-42)22-23-48(59)58-49(60)26-32-54(3,46-25-33-55(38-46)28-10-11-29-55)51(58)47-39-53(2,57(58,63)34-24-45-36-50(61)64-40-45)27-14-31-56(52(62)65-47)30-13-21-44(37-56)35-43-18-8-5-9-19-43/h4-9,16-19,36,41,44,46-49,51,59-60,63H,10-13,15,20-26,28-35,37-40H2,1-3H3/t41-,44+,46-,47-,48+,49+,51+,53+,54+,56-,57-,58+/m1/s1. The van der Waals surface area contributed by atoms with E-state index in [1.807, 2.05) is 6.92 Å². The van der Waals surface area contributed by atoms with Gasteiger partial charge in [-0.05, 0) is 155 Å². The second kappa shape index (κ2) is 18.6. The Morgan fingerprint density at radius 2 is 1.55 bits per heavy atom. The maximum Gasteiger partial charge on any atom is 0.331 e. The highest BCUT2D eigenvalue weighted by Gasteiger charge is 2.78. The first-order valence-electron chi connectivity index (χ1n) is 26.0. The fourth-order valence-electron chi connectivity index (χ4n) is 16.0. The summed E-state index contributed by atoms with van der Waals surface area (Å²) in [6, 6.07) is 21.2. The van der Waals surface area contributed by atoms with E-state index in [1.165, 1.54) is 43.2 Å². The number of benzene rings is 2. The molecule has 0 aromatic heterocycles. The van der Waals surface area contributed by atoms with E-state index < -0.39 is 51.5 Å². The lowest BCUT2D eigenvalue weighted by atomic mass is 9.35. The number of hydrogen-bond acceptors (Lipinski definition) is 7. The van der Waals surface area contributed by atoms with Gasteiger partial charge in [0.25, 0.3) is 0 Å². The molecule has 3 N–H and O–H groups in total. The fourth-order valence-corrected chi connectivity index (χ4v) is 16.0. The molecule has 352 valence electrons. The van der Waals surface area contributed by atoms with Gasteiger partial charge in [-0.25, -0.2) is 4.79 Å². The van der Waals surface area contributed by atoms with Crippen LogP contribution in [-0.2, 0) is 31.9 Å². The number of fused-ring (bicyclic) bond motifs is 4. The van der Waals surface area contributed by atoms with Crippen LogP contribution in [0, 0.1) is 62.6 Å². The first-order chi connectivity index (χ1) is 31.2. The van der Waals surface area contributed by atoms with E-state index in [0.717, 1.165) is 69.8 Å². The first-order valence-corrected chi connectivity index (χ1v) is 26.0. The average Bonchev–Trinajstić information content (AvgIpc) is 4.07. The SMILES string of the molecule is C[C@H](CCCc1ccccc1)CC[C@H](O)[C@]12[C@@H](O)CC[C@@](C)([C@@H]3CCC4(CCCC4)C3)[C@@H]1[C@H]1C[C@](C)(C#CC[C@@]3(CCC[C@@H](Cc4ccccc4)C3)C(=O)O1)[C@]2(O)CCC1=CC(=O)OC1. The first kappa shape index (κ1) is 46.7. The molecule has 7 heteroatoms. The third-order valence-electron chi connectivity index (χ3n) is 19.5. The lowest BCUT2D eigenvalue weighted by Gasteiger charge is -2.71. The van der Waals surface area contributed by atoms with Gasteiger partial charge in [0, 0.05) is 24.8 Å². The summed E-state index contributed by atoms with van der Waals surface area (Å²) in [6.45, 7) is 6.86. The highest BCUT2D eigenvalue weighted by Crippen LogP contribution is 2.73. The van der Waals surface area contributed by atoms with Crippen molar-refractivity contribution >= 4 is 11.9 Å². The summed E-state index contributed by atoms with van der Waals surface area (Å²) in [6.07, 6.45) is 18.1. The van der Waals surface area contributed by atoms with E-state index >= 15 is 4.79 Å². The van der Waals surface area contributed by atoms with Crippen LogP contribution in [0.3, 0.4) is 0 Å². The van der Waals surface area contributed by atoms with Crippen molar-refractivity contribution in [1.29, 1.82) is 0 Å². The number of ether oxygens (including phenoxy) is 2. The molecule has 0 amide bonds. The zero-order chi connectivity index (χ0) is 45.5. The third kappa shape index (κ3) is 8.58. The zero-order valence-corrected chi connectivity index (χ0v) is 39.8. The van der Waals surface area contributed by atoms with Crippen molar-refractivity contribution in [2.45, 2.75) is 192 Å². The molecular formula is C58H78O7. The number of hydrogen-bond donors (Lipinski definition) is 3. The summed E-state index contributed by atoms with van der Waals surface area (Å²) in [4.78, 5) is 27.9. The van der Waals surface area contributed by atoms with Crippen molar-refractivity contribution in [3.05, 3.63) is 83.4 Å². The predicted molar refractivity (Wildman–Crippen MR) is 254 cm³/mol. The number of rotatable bonds is 14. The van der Waals surface area contributed by atoms with Gasteiger partial charge in [-0.2, -0.15) is 0 Å². The van der Waals surface area contributed by atoms with Gasteiger partial charge in [0.15, 0.2) is 0 Å². The Bertz CT molecular complexity index is 2100. The van der Waals surface area contributed by atoms with Crippen LogP contribution in [0.15, 0.2) is 72.3 Å². The minimum atomic E-state index is -1.70. The number of aryl methyl sites for hydroxylation is 1. The van der Waals surface area contributed by atoms with Gasteiger partial charge >= 0.3 is 11.9 Å². The molecule has 7 aliphatic rings. The van der Waals surface area contributed by atoms with E-state index in [9.17, 15) is 20.1 Å². The van der Waals surface area contributed by atoms with E-state index in [2.05, 4.69) is 86.4 Å². The minimum Gasteiger partial charge on any atom is -0.462 e. The molecule has 2 bridgehead atoms. The highest BCUT2D eigenvalue weighted by atomic mass is 16.5. The zero-order valence-electron chi connectivity index (χ0n) is 39.8. The molecule has 65 heavy (non-hydrogen) atoms. The lowest BCUT2D eigenvalue weighted by molar-refractivity contribution is -0.338. The molecule has 2 heterocycles. The maximum absolute atomic E-state index is 15.4. The molecule has 2 aromatic rings. The number of aliphatic hydroxyl groups is 3. The van der Waals surface area contributed by atoms with Crippen molar-refractivity contribution in [2.75, 3.05) is 6.61 Å². The Morgan fingerprint density at radius 1 is 0.815 bits per heavy atom. The van der Waals surface area contributed by atoms with E-state index in [-0.39, 0.29) is 25.0 Å². The molecule has 2 spiro atoms. The quantitative estimate of drug-likeness (QED) is 0.128. The summed E-state index contributed by atoms with van der Waals surface area (Å²) >= 11 is 0. The molecule has 7 nitrogen and oxygen atoms in total. The summed E-state index contributed by atoms with van der Waals surface area (Å²) in [5, 5.41) is 41.1. The van der Waals surface area contributed by atoms with Gasteiger partial charge in [-0.3, -0.25) is 4.79 Å². The third-order valence-corrected chi connectivity index (χ3v) is 19.5. The van der Waals surface area contributed by atoms with Gasteiger partial charge < -0.3 is 24.8 Å². The van der Waals surface area contributed by atoms with Crippen LogP contribution in [-0.4, -0.2) is 57.8 Å². The Balaban J connectivity index is 1.13. The summed E-state index contributed by atoms with van der Waals surface area (Å²) in [5.41, 5.74) is -1.78. The van der Waals surface area contributed by atoms with E-state index in [0.29, 0.717) is 68.1 Å². The topological polar surface area (TPSA) is 113 Å². The number of carbonyl (C=O) groups excluding carboxylic acids is 2. The van der Waals surface area contributed by atoms with Crippen LogP contribution in [0.1, 0.15) is 167 Å². The van der Waals surface area contributed by atoms with Crippen LogP contribution in [0.25, 0.3) is 0 Å². The van der Waals surface area contributed by atoms with Crippen molar-refractivity contribution in [3.63, 3.8) is 0 Å². The molecular weight excluding hydrogens is 809 g/mol. The van der Waals surface area contributed by atoms with E-state index in [1.54, 1.807) is 6.08 Å². The second-order valence-corrected chi connectivity index (χ2v) is 23.4. The van der Waals surface area contributed by atoms with Gasteiger partial charge in [-0.1, -0.05) is 113 Å². The number of aliphatic hydroxyl groups excluding tert-OH is 2. The van der Waals surface area contributed by atoms with Gasteiger partial charge in [-0.15, -0.1) is 5.92 Å². The normalized spacial score (nSPS) is 38.4. The number of cyclic esters (lactones) is 1. The van der Waals surface area contributed by atoms with Crippen molar-refractivity contribution in [2.24, 2.45) is 50.7 Å². The van der Waals surface area contributed by atoms with Crippen molar-refractivity contribution < 1.29 is 34.4 Å². The molecule has 5 aliphatic carbocycles. The molecule has 5 fully saturated rings. The maximum atomic E-state index is 15.4. The van der Waals surface area contributed by atoms with Crippen molar-refractivity contribution in [3.8, 4) is 11.8 Å². The highest BCUT2D eigenvalue weighted by molar-refractivity contribution is 5.85. The van der Waals surface area contributed by atoms with Gasteiger partial charge in [0.1, 0.15) is 12.7 Å². The minimum absolute atomic E-state index is 0.174. The van der Waals surface area contributed by atoms with E-state index in [4.69, 9.17) is 9.47 Å². The van der Waals surface area contributed by atoms with Crippen LogP contribution in [0.4, 0.5) is 0 Å².